The minimum absolute atomic E-state index is 0.253. The van der Waals surface area contributed by atoms with Crippen LogP contribution in [0.3, 0.4) is 0 Å². The molecule has 2 fully saturated rings. The number of halogens is 1. The summed E-state index contributed by atoms with van der Waals surface area (Å²) >= 11 is 5.95. The summed E-state index contributed by atoms with van der Waals surface area (Å²) in [6, 6.07) is 11.5. The lowest BCUT2D eigenvalue weighted by Gasteiger charge is -2.35. The molecule has 2 aromatic heterocycles. The maximum Gasteiger partial charge on any atom is 0.178 e. The van der Waals surface area contributed by atoms with E-state index in [1.165, 1.54) is 12.8 Å². The van der Waals surface area contributed by atoms with E-state index in [9.17, 15) is 5.11 Å². The van der Waals surface area contributed by atoms with Crippen molar-refractivity contribution < 1.29 is 5.11 Å². The standard InChI is InChI=1S/C20H22ClN5O/c21-16-5-3-13(4-6-16)19(27)14-9-11-25(12-10-14)18-8-7-17-22-23-20(15-1-2-15)26(17)24-18/h3-8,14-15,19,27H,1-2,9-12H2. The third-order valence-electron chi connectivity index (χ3n) is 5.74. The van der Waals surface area contributed by atoms with Gasteiger partial charge in [-0.1, -0.05) is 23.7 Å². The minimum Gasteiger partial charge on any atom is -0.388 e. The van der Waals surface area contributed by atoms with Crippen molar-refractivity contribution in [1.82, 2.24) is 19.8 Å². The number of piperidine rings is 1. The predicted molar refractivity (Wildman–Crippen MR) is 104 cm³/mol. The zero-order valence-corrected chi connectivity index (χ0v) is 15.8. The zero-order chi connectivity index (χ0) is 18.4. The van der Waals surface area contributed by atoms with Crippen molar-refractivity contribution in [1.29, 1.82) is 0 Å². The summed E-state index contributed by atoms with van der Waals surface area (Å²) in [5, 5.41) is 24.7. The molecular formula is C20H22ClN5O. The van der Waals surface area contributed by atoms with E-state index in [1.807, 2.05) is 40.9 Å². The van der Waals surface area contributed by atoms with Gasteiger partial charge in [-0.3, -0.25) is 0 Å². The second-order valence-electron chi connectivity index (χ2n) is 7.61. The number of anilines is 1. The first kappa shape index (κ1) is 17.0. The lowest BCUT2D eigenvalue weighted by molar-refractivity contribution is 0.0928. The SMILES string of the molecule is OC(c1ccc(Cl)cc1)C1CCN(c2ccc3nnc(C4CC4)n3n2)CC1. The van der Waals surface area contributed by atoms with Crippen LogP contribution >= 0.6 is 11.6 Å². The van der Waals surface area contributed by atoms with E-state index >= 15 is 0 Å². The number of aliphatic hydroxyl groups is 1. The molecule has 6 nitrogen and oxygen atoms in total. The van der Waals surface area contributed by atoms with Gasteiger partial charge in [0.05, 0.1) is 6.10 Å². The number of aliphatic hydroxyl groups excluding tert-OH is 1. The molecule has 0 amide bonds. The topological polar surface area (TPSA) is 66.5 Å². The van der Waals surface area contributed by atoms with Gasteiger partial charge in [-0.2, -0.15) is 4.52 Å². The molecule has 1 aliphatic heterocycles. The van der Waals surface area contributed by atoms with Gasteiger partial charge >= 0.3 is 0 Å². The van der Waals surface area contributed by atoms with Crippen molar-refractivity contribution in [2.24, 2.45) is 5.92 Å². The van der Waals surface area contributed by atoms with Gasteiger partial charge in [-0.25, -0.2) is 0 Å². The van der Waals surface area contributed by atoms with Crippen molar-refractivity contribution in [2.45, 2.75) is 37.7 Å². The minimum atomic E-state index is -0.445. The summed E-state index contributed by atoms with van der Waals surface area (Å²) in [7, 11) is 0. The molecular weight excluding hydrogens is 362 g/mol. The van der Waals surface area contributed by atoms with Crippen LogP contribution in [0.1, 0.15) is 49.1 Å². The molecule has 3 aromatic rings. The number of rotatable bonds is 4. The molecule has 1 saturated heterocycles. The summed E-state index contributed by atoms with van der Waals surface area (Å²) in [6.45, 7) is 1.77. The summed E-state index contributed by atoms with van der Waals surface area (Å²) in [5.41, 5.74) is 1.75. The molecule has 1 aromatic carbocycles. The Labute approximate surface area is 162 Å². The average molecular weight is 384 g/mol. The molecule has 140 valence electrons. The Balaban J connectivity index is 1.29. The molecule has 0 bridgehead atoms. The number of nitrogens with zero attached hydrogens (tertiary/aromatic N) is 5. The van der Waals surface area contributed by atoms with Crippen LogP contribution in [0.15, 0.2) is 36.4 Å². The fraction of sp³-hybridized carbons (Fsp3) is 0.450. The van der Waals surface area contributed by atoms with Crippen molar-refractivity contribution in [2.75, 3.05) is 18.0 Å². The van der Waals surface area contributed by atoms with Crippen molar-refractivity contribution in [3.05, 3.63) is 52.8 Å². The third kappa shape index (κ3) is 3.28. The largest absolute Gasteiger partial charge is 0.388 e. The molecule has 5 rings (SSSR count). The second-order valence-corrected chi connectivity index (χ2v) is 8.05. The Bertz CT molecular complexity index is 945. The molecule has 1 atom stereocenters. The highest BCUT2D eigenvalue weighted by atomic mass is 35.5. The Morgan fingerprint density at radius 2 is 1.70 bits per heavy atom. The van der Waals surface area contributed by atoms with E-state index in [2.05, 4.69) is 15.1 Å². The highest BCUT2D eigenvalue weighted by Gasteiger charge is 2.30. The first-order chi connectivity index (χ1) is 13.2. The zero-order valence-electron chi connectivity index (χ0n) is 15.0. The third-order valence-corrected chi connectivity index (χ3v) is 5.99. The fourth-order valence-corrected chi connectivity index (χ4v) is 4.06. The highest BCUT2D eigenvalue weighted by molar-refractivity contribution is 6.30. The molecule has 1 aliphatic carbocycles. The van der Waals surface area contributed by atoms with Crippen molar-refractivity contribution in [3.63, 3.8) is 0 Å². The van der Waals surface area contributed by atoms with Gasteiger partial charge in [0.25, 0.3) is 0 Å². The average Bonchev–Trinajstić information content (AvgIpc) is 3.47. The van der Waals surface area contributed by atoms with Crippen LogP contribution in [-0.4, -0.2) is 38.0 Å². The van der Waals surface area contributed by atoms with Crippen LogP contribution in [0.4, 0.5) is 5.82 Å². The van der Waals surface area contributed by atoms with E-state index < -0.39 is 6.10 Å². The lowest BCUT2D eigenvalue weighted by atomic mass is 9.87. The monoisotopic (exact) mass is 383 g/mol. The van der Waals surface area contributed by atoms with Crippen molar-refractivity contribution >= 4 is 23.1 Å². The van der Waals surface area contributed by atoms with Gasteiger partial charge in [-0.15, -0.1) is 15.3 Å². The molecule has 1 N–H and O–H groups in total. The van der Waals surface area contributed by atoms with E-state index in [-0.39, 0.29) is 5.92 Å². The number of fused-ring (bicyclic) bond motifs is 1. The van der Waals surface area contributed by atoms with Crippen LogP contribution in [0.2, 0.25) is 5.02 Å². The number of aromatic nitrogens is 4. The van der Waals surface area contributed by atoms with Crippen LogP contribution < -0.4 is 4.90 Å². The highest BCUT2D eigenvalue weighted by Crippen LogP contribution is 2.39. The number of benzene rings is 1. The summed E-state index contributed by atoms with van der Waals surface area (Å²) in [4.78, 5) is 2.29. The fourth-order valence-electron chi connectivity index (χ4n) is 3.94. The maximum atomic E-state index is 10.7. The first-order valence-corrected chi connectivity index (χ1v) is 9.97. The van der Waals surface area contributed by atoms with E-state index in [1.54, 1.807) is 0 Å². The molecule has 1 unspecified atom stereocenters. The van der Waals surface area contributed by atoms with Gasteiger partial charge in [0.1, 0.15) is 5.82 Å². The predicted octanol–water partition coefficient (Wildman–Crippen LogP) is 3.61. The summed E-state index contributed by atoms with van der Waals surface area (Å²) < 4.78 is 1.90. The van der Waals surface area contributed by atoms with Crippen LogP contribution in [0.25, 0.3) is 5.65 Å². The molecule has 1 saturated carbocycles. The van der Waals surface area contributed by atoms with E-state index in [0.29, 0.717) is 10.9 Å². The van der Waals surface area contributed by atoms with Gasteiger partial charge in [-0.05, 0) is 61.4 Å². The van der Waals surface area contributed by atoms with E-state index in [4.69, 9.17) is 16.7 Å². The Hall–Kier alpha value is -2.18. The Kier molecular flexibility index (Phi) is 4.25. The normalized spacial score (nSPS) is 19.6. The molecule has 7 heteroatoms. The first-order valence-electron chi connectivity index (χ1n) is 9.60. The van der Waals surface area contributed by atoms with Gasteiger partial charge < -0.3 is 10.0 Å². The molecule has 3 heterocycles. The van der Waals surface area contributed by atoms with Crippen molar-refractivity contribution in [3.8, 4) is 0 Å². The summed E-state index contributed by atoms with van der Waals surface area (Å²) in [6.07, 6.45) is 3.78. The van der Waals surface area contributed by atoms with Gasteiger partial charge in [0.15, 0.2) is 11.5 Å². The number of hydrogen-bond donors (Lipinski definition) is 1. The van der Waals surface area contributed by atoms with Gasteiger partial charge in [0, 0.05) is 24.0 Å². The lowest BCUT2D eigenvalue weighted by Crippen LogP contribution is -2.36. The molecule has 2 aliphatic rings. The second kappa shape index (κ2) is 6.77. The Morgan fingerprint density at radius 1 is 0.963 bits per heavy atom. The molecule has 0 radical (unpaired) electrons. The van der Waals surface area contributed by atoms with E-state index in [0.717, 1.165) is 48.8 Å². The summed E-state index contributed by atoms with van der Waals surface area (Å²) in [5.74, 6) is 2.72. The smallest absolute Gasteiger partial charge is 0.178 e. The van der Waals surface area contributed by atoms with Crippen LogP contribution in [-0.2, 0) is 0 Å². The van der Waals surface area contributed by atoms with Crippen LogP contribution in [0, 0.1) is 5.92 Å². The quantitative estimate of drug-likeness (QED) is 0.745. The van der Waals surface area contributed by atoms with Gasteiger partial charge in [0.2, 0.25) is 0 Å². The van der Waals surface area contributed by atoms with Crippen LogP contribution in [0.5, 0.6) is 0 Å². The molecule has 0 spiro atoms. The molecule has 27 heavy (non-hydrogen) atoms. The number of hydrogen-bond acceptors (Lipinski definition) is 5. The maximum absolute atomic E-state index is 10.7. The Morgan fingerprint density at radius 3 is 2.41 bits per heavy atom.